The third kappa shape index (κ3) is 4.16. The average molecular weight is 420 g/mol. The van der Waals surface area contributed by atoms with Crippen LogP contribution in [-0.2, 0) is 11.3 Å². The zero-order chi connectivity index (χ0) is 21.3. The number of fused-ring (bicyclic) bond motifs is 3. The molecule has 4 aromatic rings. The summed E-state index contributed by atoms with van der Waals surface area (Å²) in [6.45, 7) is 8.62. The van der Waals surface area contributed by atoms with Crippen LogP contribution in [0, 0.1) is 6.92 Å². The van der Waals surface area contributed by atoms with Gasteiger partial charge in [0.1, 0.15) is 5.82 Å². The molecule has 0 saturated heterocycles. The average Bonchev–Trinajstić information content (AvgIpc) is 3.12. The topological polar surface area (TPSA) is 63.4 Å². The van der Waals surface area contributed by atoms with E-state index in [9.17, 15) is 4.79 Å². The van der Waals surface area contributed by atoms with Crippen LogP contribution in [-0.4, -0.2) is 41.7 Å². The number of para-hydroxylation sites is 1. The van der Waals surface area contributed by atoms with Crippen LogP contribution in [0.15, 0.2) is 59.8 Å². The van der Waals surface area contributed by atoms with Gasteiger partial charge in [-0.2, -0.15) is 4.52 Å². The Morgan fingerprint density at radius 1 is 1.03 bits per heavy atom. The lowest BCUT2D eigenvalue weighted by Gasteiger charge is -2.36. The number of nitrogens with zero attached hydrogens (tertiary/aromatic N) is 5. The molecule has 0 atom stereocenters. The van der Waals surface area contributed by atoms with E-state index < -0.39 is 0 Å². The van der Waals surface area contributed by atoms with E-state index in [4.69, 9.17) is 4.98 Å². The third-order valence-corrected chi connectivity index (χ3v) is 5.79. The molecule has 0 N–H and O–H groups in total. The Kier molecular flexibility index (Phi) is 5.47. The largest absolute Gasteiger partial charge is 0.333 e. The monoisotopic (exact) mass is 419 g/mol. The molecule has 0 fully saturated rings. The van der Waals surface area contributed by atoms with E-state index >= 15 is 0 Å². The lowest BCUT2D eigenvalue weighted by Crippen LogP contribution is -2.45. The van der Waals surface area contributed by atoms with Crippen LogP contribution in [0.25, 0.3) is 16.6 Å². The van der Waals surface area contributed by atoms with Crippen molar-refractivity contribution in [1.29, 1.82) is 0 Å². The molecular formula is C23H25N5OS. The Labute approximate surface area is 180 Å². The number of aryl methyl sites for hydroxylation is 1. The van der Waals surface area contributed by atoms with Gasteiger partial charge in [0.05, 0.1) is 11.3 Å². The molecular weight excluding hydrogens is 394 g/mol. The summed E-state index contributed by atoms with van der Waals surface area (Å²) in [6, 6.07) is 18.0. The number of carbonyl (C=O) groups is 1. The van der Waals surface area contributed by atoms with Crippen molar-refractivity contribution in [3.63, 3.8) is 0 Å². The highest BCUT2D eigenvalue weighted by Crippen LogP contribution is 2.25. The van der Waals surface area contributed by atoms with Crippen molar-refractivity contribution in [3.05, 3.63) is 66.0 Å². The molecule has 2 heterocycles. The van der Waals surface area contributed by atoms with Gasteiger partial charge in [-0.05, 0) is 45.4 Å². The molecule has 2 aromatic heterocycles. The zero-order valence-corrected chi connectivity index (χ0v) is 18.5. The summed E-state index contributed by atoms with van der Waals surface area (Å²) in [5.41, 5.74) is 2.45. The summed E-state index contributed by atoms with van der Waals surface area (Å²) >= 11 is 1.40. The van der Waals surface area contributed by atoms with Gasteiger partial charge in [-0.25, -0.2) is 9.97 Å². The fraction of sp³-hybridized carbons (Fsp3) is 0.304. The molecule has 0 spiro atoms. The first-order valence-electron chi connectivity index (χ1n) is 9.92. The minimum absolute atomic E-state index is 0.0660. The minimum atomic E-state index is -0.288. The van der Waals surface area contributed by atoms with Crippen molar-refractivity contribution in [1.82, 2.24) is 24.5 Å². The third-order valence-electron chi connectivity index (χ3n) is 4.87. The second-order valence-corrected chi connectivity index (χ2v) is 9.17. The number of rotatable bonds is 5. The van der Waals surface area contributed by atoms with Crippen LogP contribution in [0.1, 0.15) is 32.2 Å². The van der Waals surface area contributed by atoms with Crippen LogP contribution in [0.2, 0.25) is 0 Å². The predicted molar refractivity (Wildman–Crippen MR) is 120 cm³/mol. The van der Waals surface area contributed by atoms with Gasteiger partial charge in [0, 0.05) is 17.5 Å². The maximum Gasteiger partial charge on any atom is 0.233 e. The maximum atomic E-state index is 13.2. The van der Waals surface area contributed by atoms with Crippen molar-refractivity contribution in [2.75, 3.05) is 5.75 Å². The van der Waals surface area contributed by atoms with E-state index in [1.54, 1.807) is 4.52 Å². The Morgan fingerprint density at radius 2 is 1.73 bits per heavy atom. The van der Waals surface area contributed by atoms with Crippen LogP contribution in [0.5, 0.6) is 0 Å². The lowest BCUT2D eigenvalue weighted by molar-refractivity contribution is -0.133. The summed E-state index contributed by atoms with van der Waals surface area (Å²) in [4.78, 5) is 24.4. The van der Waals surface area contributed by atoms with Gasteiger partial charge in [-0.15, -0.1) is 5.10 Å². The van der Waals surface area contributed by atoms with Gasteiger partial charge in [0.2, 0.25) is 5.91 Å². The molecule has 0 unspecified atom stereocenters. The van der Waals surface area contributed by atoms with Gasteiger partial charge < -0.3 is 4.90 Å². The molecule has 4 rings (SSSR count). The minimum Gasteiger partial charge on any atom is -0.333 e. The highest BCUT2D eigenvalue weighted by Gasteiger charge is 2.27. The number of carbonyl (C=O) groups excluding carboxylic acids is 1. The number of benzene rings is 2. The van der Waals surface area contributed by atoms with Crippen LogP contribution in [0.3, 0.4) is 0 Å². The molecule has 0 bridgehead atoms. The lowest BCUT2D eigenvalue weighted by atomic mass is 10.0. The van der Waals surface area contributed by atoms with Crippen molar-refractivity contribution in [2.24, 2.45) is 0 Å². The van der Waals surface area contributed by atoms with Crippen LogP contribution in [0.4, 0.5) is 0 Å². The molecule has 0 aliphatic heterocycles. The van der Waals surface area contributed by atoms with Gasteiger partial charge in [-0.3, -0.25) is 4.79 Å². The summed E-state index contributed by atoms with van der Waals surface area (Å²) in [6.07, 6.45) is 0. The highest BCUT2D eigenvalue weighted by atomic mass is 32.2. The number of hydrogen-bond acceptors (Lipinski definition) is 5. The molecule has 30 heavy (non-hydrogen) atoms. The van der Waals surface area contributed by atoms with Gasteiger partial charge in [0.25, 0.3) is 0 Å². The fourth-order valence-electron chi connectivity index (χ4n) is 3.40. The summed E-state index contributed by atoms with van der Waals surface area (Å²) in [7, 11) is 0. The molecule has 7 heteroatoms. The van der Waals surface area contributed by atoms with Crippen molar-refractivity contribution in [2.45, 2.75) is 44.9 Å². The van der Waals surface area contributed by atoms with Crippen LogP contribution >= 0.6 is 11.8 Å². The Bertz CT molecular complexity index is 1200. The SMILES string of the molecule is Cc1nc2c3ccccc3nc(SCC(=O)N(Cc3ccccc3)C(C)(C)C)n2n1. The molecule has 0 aliphatic carbocycles. The van der Waals surface area contributed by atoms with Gasteiger partial charge >= 0.3 is 0 Å². The first-order valence-corrected chi connectivity index (χ1v) is 10.9. The van der Waals surface area contributed by atoms with E-state index in [2.05, 4.69) is 30.9 Å². The van der Waals surface area contributed by atoms with Crippen molar-refractivity contribution < 1.29 is 4.79 Å². The Hall–Kier alpha value is -2.93. The molecule has 0 radical (unpaired) electrons. The van der Waals surface area contributed by atoms with Gasteiger partial charge in [-0.1, -0.05) is 54.2 Å². The quantitative estimate of drug-likeness (QED) is 0.352. The maximum absolute atomic E-state index is 13.2. The number of amides is 1. The molecule has 154 valence electrons. The first-order chi connectivity index (χ1) is 14.3. The predicted octanol–water partition coefficient (Wildman–Crippen LogP) is 4.51. The summed E-state index contributed by atoms with van der Waals surface area (Å²) in [5, 5.41) is 6.13. The Morgan fingerprint density at radius 3 is 2.47 bits per heavy atom. The second kappa shape index (κ2) is 8.07. The van der Waals surface area contributed by atoms with E-state index in [-0.39, 0.29) is 17.2 Å². The summed E-state index contributed by atoms with van der Waals surface area (Å²) in [5.74, 6) is 1.03. The summed E-state index contributed by atoms with van der Waals surface area (Å²) < 4.78 is 1.74. The number of thioether (sulfide) groups is 1. The molecule has 1 amide bonds. The van der Waals surface area contributed by atoms with E-state index in [1.807, 2.05) is 66.4 Å². The smallest absolute Gasteiger partial charge is 0.233 e. The normalized spacial score (nSPS) is 11.9. The van der Waals surface area contributed by atoms with Gasteiger partial charge in [0.15, 0.2) is 10.8 Å². The number of hydrogen-bond donors (Lipinski definition) is 0. The van der Waals surface area contributed by atoms with E-state index in [0.29, 0.717) is 17.5 Å². The highest BCUT2D eigenvalue weighted by molar-refractivity contribution is 7.99. The Balaban J connectivity index is 1.61. The second-order valence-electron chi connectivity index (χ2n) is 8.23. The standard InChI is InChI=1S/C23H25N5OS/c1-16-24-21-18-12-8-9-13-19(18)25-22(28(21)26-16)30-15-20(29)27(23(2,3)4)14-17-10-6-5-7-11-17/h5-13H,14-15H2,1-4H3. The van der Waals surface area contributed by atoms with Crippen molar-refractivity contribution >= 4 is 34.2 Å². The molecule has 6 nitrogen and oxygen atoms in total. The zero-order valence-electron chi connectivity index (χ0n) is 17.7. The van der Waals surface area contributed by atoms with Crippen molar-refractivity contribution in [3.8, 4) is 0 Å². The molecule has 0 saturated carbocycles. The molecule has 2 aromatic carbocycles. The molecule has 0 aliphatic rings. The van der Waals surface area contributed by atoms with Crippen LogP contribution < -0.4 is 0 Å². The van der Waals surface area contributed by atoms with E-state index in [0.717, 1.165) is 22.1 Å². The first kappa shape index (κ1) is 20.3. The van der Waals surface area contributed by atoms with E-state index in [1.165, 1.54) is 11.8 Å². The fourth-order valence-corrected chi connectivity index (χ4v) is 4.22. The number of aromatic nitrogens is 4.